The van der Waals surface area contributed by atoms with Crippen LogP contribution in [0.3, 0.4) is 0 Å². The molecule has 0 aliphatic carbocycles. The summed E-state index contributed by atoms with van der Waals surface area (Å²) in [5.74, 6) is 0. The number of hydrogen-bond acceptors (Lipinski definition) is 3. The summed E-state index contributed by atoms with van der Waals surface area (Å²) < 4.78 is 0.778. The summed E-state index contributed by atoms with van der Waals surface area (Å²) in [4.78, 5) is 4.92. The molecule has 0 bridgehead atoms. The number of hydroxylamine groups is 2. The molecule has 1 rings (SSSR count). The van der Waals surface area contributed by atoms with E-state index in [1.165, 1.54) is 11.8 Å². The average molecular weight is 161 g/mol. The zero-order valence-electron chi connectivity index (χ0n) is 5.03. The number of nitrogens with zero attached hydrogens (tertiary/aromatic N) is 1. The molecule has 0 atom stereocenters. The van der Waals surface area contributed by atoms with Crippen molar-refractivity contribution in [2.75, 3.05) is 13.7 Å². The molecule has 1 aliphatic heterocycles. The molecule has 0 spiro atoms. The van der Waals surface area contributed by atoms with E-state index in [1.807, 2.05) is 11.5 Å². The van der Waals surface area contributed by atoms with E-state index in [4.69, 9.17) is 17.1 Å². The lowest BCUT2D eigenvalue weighted by Crippen LogP contribution is -2.27. The van der Waals surface area contributed by atoms with E-state index in [-0.39, 0.29) is 0 Å². The Bertz CT molecular complexity index is 146. The second-order valence-corrected chi connectivity index (χ2v) is 3.04. The zero-order valence-corrected chi connectivity index (χ0v) is 6.67. The fourth-order valence-corrected chi connectivity index (χ4v) is 1.41. The molecule has 4 heteroatoms. The van der Waals surface area contributed by atoms with E-state index in [2.05, 4.69) is 0 Å². The van der Waals surface area contributed by atoms with Crippen LogP contribution in [0.15, 0.2) is 11.5 Å². The van der Waals surface area contributed by atoms with Gasteiger partial charge in [-0.25, -0.2) is 5.06 Å². The largest absolute Gasteiger partial charge is 0.275 e. The molecule has 0 aromatic rings. The lowest BCUT2D eigenvalue weighted by molar-refractivity contribution is -0.0498. The van der Waals surface area contributed by atoms with Crippen LogP contribution in [0.25, 0.3) is 0 Å². The normalized spacial score (nSPS) is 18.8. The first kappa shape index (κ1) is 7.05. The molecular formula is C5H7NOS2. The van der Waals surface area contributed by atoms with E-state index < -0.39 is 0 Å². The minimum Gasteiger partial charge on any atom is -0.275 e. The summed E-state index contributed by atoms with van der Waals surface area (Å²) in [6, 6.07) is 0. The predicted octanol–water partition coefficient (Wildman–Crippen LogP) is 1.40. The molecule has 50 valence electrons. The Morgan fingerprint density at radius 1 is 1.89 bits per heavy atom. The highest BCUT2D eigenvalue weighted by Gasteiger charge is 2.09. The fraction of sp³-hybridized carbons (Fsp3) is 0.400. The third kappa shape index (κ3) is 1.67. The molecule has 0 amide bonds. The molecule has 1 heterocycles. The first-order valence-electron chi connectivity index (χ1n) is 2.52. The van der Waals surface area contributed by atoms with Crippen LogP contribution in [0.5, 0.6) is 0 Å². The van der Waals surface area contributed by atoms with Gasteiger partial charge in [0.2, 0.25) is 0 Å². The van der Waals surface area contributed by atoms with Gasteiger partial charge >= 0.3 is 0 Å². The molecule has 0 saturated carbocycles. The maximum absolute atomic E-state index is 4.94. The maximum atomic E-state index is 4.94. The monoisotopic (exact) mass is 161 g/mol. The van der Waals surface area contributed by atoms with Crippen LogP contribution in [-0.2, 0) is 4.84 Å². The maximum Gasteiger partial charge on any atom is 0.164 e. The molecule has 0 fully saturated rings. The van der Waals surface area contributed by atoms with Gasteiger partial charge in [0.15, 0.2) is 4.32 Å². The molecule has 9 heavy (non-hydrogen) atoms. The van der Waals surface area contributed by atoms with E-state index in [0.29, 0.717) is 0 Å². The van der Waals surface area contributed by atoms with Gasteiger partial charge in [-0.3, -0.25) is 4.84 Å². The second-order valence-electron chi connectivity index (χ2n) is 1.50. The number of thiocarbonyl (C=S) groups is 1. The summed E-state index contributed by atoms with van der Waals surface area (Å²) in [7, 11) is 1.62. The van der Waals surface area contributed by atoms with Crippen molar-refractivity contribution >= 4 is 28.3 Å². The zero-order chi connectivity index (χ0) is 6.69. The molecule has 0 aromatic carbocycles. The predicted molar refractivity (Wildman–Crippen MR) is 43.0 cm³/mol. The Balaban J connectivity index is 2.53. The molecule has 0 radical (unpaired) electrons. The molecule has 1 aliphatic rings. The highest BCUT2D eigenvalue weighted by atomic mass is 32.2. The summed E-state index contributed by atoms with van der Waals surface area (Å²) in [5.41, 5.74) is 0. The van der Waals surface area contributed by atoms with Crippen LogP contribution < -0.4 is 0 Å². The van der Waals surface area contributed by atoms with Gasteiger partial charge < -0.3 is 0 Å². The van der Waals surface area contributed by atoms with Gasteiger partial charge in [-0.2, -0.15) is 0 Å². The van der Waals surface area contributed by atoms with Crippen molar-refractivity contribution in [3.63, 3.8) is 0 Å². The first-order valence-corrected chi connectivity index (χ1v) is 3.80. The third-order valence-electron chi connectivity index (χ3n) is 0.960. The van der Waals surface area contributed by atoms with Crippen molar-refractivity contribution in [1.82, 2.24) is 5.06 Å². The van der Waals surface area contributed by atoms with Gasteiger partial charge in [-0.05, 0) is 5.41 Å². The van der Waals surface area contributed by atoms with Gasteiger partial charge in [0.05, 0.1) is 13.7 Å². The van der Waals surface area contributed by atoms with Gasteiger partial charge in [-0.15, -0.1) is 0 Å². The van der Waals surface area contributed by atoms with Crippen LogP contribution >= 0.6 is 24.0 Å². The first-order chi connectivity index (χ1) is 4.34. The molecular weight excluding hydrogens is 154 g/mol. The quantitative estimate of drug-likeness (QED) is 0.539. The average Bonchev–Trinajstić information content (AvgIpc) is 1.89. The minimum absolute atomic E-state index is 0.766. The van der Waals surface area contributed by atoms with Crippen molar-refractivity contribution in [3.8, 4) is 0 Å². The number of rotatable bonds is 1. The van der Waals surface area contributed by atoms with Gasteiger partial charge in [0, 0.05) is 0 Å². The highest BCUT2D eigenvalue weighted by Crippen LogP contribution is 2.15. The Labute approximate surface area is 63.8 Å². The van der Waals surface area contributed by atoms with Crippen LogP contribution in [0.2, 0.25) is 0 Å². The van der Waals surface area contributed by atoms with Crippen LogP contribution in [0, 0.1) is 0 Å². The summed E-state index contributed by atoms with van der Waals surface area (Å²) >= 11 is 6.44. The van der Waals surface area contributed by atoms with Gasteiger partial charge in [0.1, 0.15) is 0 Å². The summed E-state index contributed by atoms with van der Waals surface area (Å²) in [6.07, 6.45) is 2.00. The Hall–Kier alpha value is -0.0600. The Morgan fingerprint density at radius 3 is 3.11 bits per heavy atom. The Kier molecular flexibility index (Phi) is 2.50. The Morgan fingerprint density at radius 2 is 2.67 bits per heavy atom. The van der Waals surface area contributed by atoms with E-state index in [1.54, 1.807) is 12.2 Å². The van der Waals surface area contributed by atoms with Crippen LogP contribution in [0.4, 0.5) is 0 Å². The van der Waals surface area contributed by atoms with Crippen molar-refractivity contribution in [1.29, 1.82) is 0 Å². The summed E-state index contributed by atoms with van der Waals surface area (Å²) in [6.45, 7) is 0.766. The highest BCUT2D eigenvalue weighted by molar-refractivity contribution is 8.24. The van der Waals surface area contributed by atoms with Crippen LogP contribution in [-0.4, -0.2) is 23.0 Å². The van der Waals surface area contributed by atoms with Crippen LogP contribution in [0.1, 0.15) is 0 Å². The fourth-order valence-electron chi connectivity index (χ4n) is 0.527. The van der Waals surface area contributed by atoms with Gasteiger partial charge in [-0.1, -0.05) is 30.1 Å². The van der Waals surface area contributed by atoms with Crippen molar-refractivity contribution in [2.45, 2.75) is 0 Å². The smallest absolute Gasteiger partial charge is 0.164 e. The lowest BCUT2D eigenvalue weighted by atomic mass is 10.6. The van der Waals surface area contributed by atoms with Crippen molar-refractivity contribution in [3.05, 3.63) is 11.5 Å². The van der Waals surface area contributed by atoms with Crippen molar-refractivity contribution < 1.29 is 4.84 Å². The summed E-state index contributed by atoms with van der Waals surface area (Å²) in [5, 5.41) is 3.64. The van der Waals surface area contributed by atoms with E-state index >= 15 is 0 Å². The number of thioether (sulfide) groups is 1. The molecule has 0 saturated heterocycles. The van der Waals surface area contributed by atoms with E-state index in [9.17, 15) is 0 Å². The molecule has 2 nitrogen and oxygen atoms in total. The molecule has 0 N–H and O–H groups in total. The molecule has 0 aromatic heterocycles. The lowest BCUT2D eigenvalue weighted by Gasteiger charge is -2.21. The minimum atomic E-state index is 0.766. The van der Waals surface area contributed by atoms with E-state index in [0.717, 1.165) is 10.9 Å². The van der Waals surface area contributed by atoms with Gasteiger partial charge in [0.25, 0.3) is 0 Å². The third-order valence-corrected chi connectivity index (χ3v) is 2.19. The van der Waals surface area contributed by atoms with Crippen molar-refractivity contribution in [2.24, 2.45) is 0 Å². The topological polar surface area (TPSA) is 12.5 Å². The standard InChI is InChI=1S/C5H7NOS2/c1-7-6-3-2-4-9-5(6)8/h2,4H,3H2,1H3. The second kappa shape index (κ2) is 3.20. The SMILES string of the molecule is CON1CC=CSC1=S. The molecule has 0 unspecified atom stereocenters. The number of hydrogen-bond donors (Lipinski definition) is 0.